The molecular weight excluding hydrogens is 224 g/mol. The Morgan fingerprint density at radius 3 is 2.56 bits per heavy atom. The largest absolute Gasteiger partial charge is 0.353 e. The second kappa shape index (κ2) is 7.67. The third-order valence-electron chi connectivity index (χ3n) is 2.83. The third-order valence-corrected chi connectivity index (χ3v) is 2.83. The van der Waals surface area contributed by atoms with Gasteiger partial charge in [0.25, 0.3) is 0 Å². The van der Waals surface area contributed by atoms with Crippen molar-refractivity contribution in [2.24, 2.45) is 0 Å². The topological polar surface area (TPSA) is 52.0 Å². The highest BCUT2D eigenvalue weighted by Crippen LogP contribution is 2.18. The molecule has 1 fully saturated rings. The van der Waals surface area contributed by atoms with Crippen molar-refractivity contribution in [1.82, 2.24) is 10.3 Å². The molecule has 1 aliphatic heterocycles. The molecule has 0 spiro atoms. The molecule has 0 amide bonds. The molecule has 0 bridgehead atoms. The minimum atomic E-state index is 0.680. The molecule has 1 aromatic heterocycles. The molecule has 0 aliphatic carbocycles. The number of piperazine rings is 1. The van der Waals surface area contributed by atoms with Crippen LogP contribution in [0.1, 0.15) is 32.0 Å². The molecule has 1 saturated heterocycles. The van der Waals surface area contributed by atoms with Crippen molar-refractivity contribution in [3.63, 3.8) is 0 Å². The Morgan fingerprint density at radius 2 is 2.00 bits per heavy atom. The van der Waals surface area contributed by atoms with E-state index in [-0.39, 0.29) is 0 Å². The summed E-state index contributed by atoms with van der Waals surface area (Å²) >= 11 is 0. The van der Waals surface area contributed by atoms with Gasteiger partial charge in [0.15, 0.2) is 0 Å². The first-order valence-corrected chi connectivity index (χ1v) is 6.71. The number of hydrogen-bond donors (Lipinski definition) is 1. The minimum Gasteiger partial charge on any atom is -0.353 e. The van der Waals surface area contributed by atoms with Gasteiger partial charge in [-0.3, -0.25) is 0 Å². The quantitative estimate of drug-likeness (QED) is 0.866. The molecule has 0 radical (unpaired) electrons. The highest BCUT2D eigenvalue weighted by molar-refractivity contribution is 5.54. The number of hydrogen-bond acceptors (Lipinski definition) is 4. The van der Waals surface area contributed by atoms with Crippen LogP contribution in [0.15, 0.2) is 12.1 Å². The average molecular weight is 246 g/mol. The van der Waals surface area contributed by atoms with Gasteiger partial charge in [-0.15, -0.1) is 0 Å². The van der Waals surface area contributed by atoms with E-state index in [1.54, 1.807) is 0 Å². The first-order valence-electron chi connectivity index (χ1n) is 6.71. The minimum absolute atomic E-state index is 0.680. The van der Waals surface area contributed by atoms with Crippen LogP contribution in [0.5, 0.6) is 0 Å². The number of nitriles is 1. The Hall–Kier alpha value is -1.60. The van der Waals surface area contributed by atoms with Gasteiger partial charge in [0.05, 0.1) is 5.56 Å². The fraction of sp³-hybridized carbons (Fsp3) is 0.571. The Balaban J connectivity index is 0.000000771. The summed E-state index contributed by atoms with van der Waals surface area (Å²) in [7, 11) is 0. The highest BCUT2D eigenvalue weighted by Gasteiger charge is 2.15. The van der Waals surface area contributed by atoms with Gasteiger partial charge < -0.3 is 10.2 Å². The molecule has 0 atom stereocenters. The van der Waals surface area contributed by atoms with E-state index < -0.39 is 0 Å². The van der Waals surface area contributed by atoms with Crippen LogP contribution < -0.4 is 10.2 Å². The van der Waals surface area contributed by atoms with E-state index in [1.807, 2.05) is 26.0 Å². The molecule has 0 saturated carbocycles. The molecule has 4 heteroatoms. The summed E-state index contributed by atoms with van der Waals surface area (Å²) in [4.78, 5) is 6.75. The summed E-state index contributed by atoms with van der Waals surface area (Å²) in [5, 5.41) is 12.4. The normalized spacial score (nSPS) is 14.4. The van der Waals surface area contributed by atoms with E-state index in [1.165, 1.54) is 0 Å². The predicted octanol–water partition coefficient (Wildman–Crippen LogP) is 1.95. The number of aromatic nitrogens is 1. The Bertz CT molecular complexity index is 403. The van der Waals surface area contributed by atoms with Gasteiger partial charge in [-0.1, -0.05) is 20.8 Å². The standard InChI is InChI=1S/C12H16N4.C2H6/c1-2-11-4-3-10(9-13)12(15-11)16-7-5-14-6-8-16;1-2/h3-4,14H,2,5-8H2,1H3;1-2H3. The molecule has 98 valence electrons. The van der Waals surface area contributed by atoms with Crippen LogP contribution >= 0.6 is 0 Å². The summed E-state index contributed by atoms with van der Waals surface area (Å²) in [6.45, 7) is 9.85. The summed E-state index contributed by atoms with van der Waals surface area (Å²) in [6, 6.07) is 6.03. The molecule has 0 aromatic carbocycles. The van der Waals surface area contributed by atoms with Crippen LogP contribution in [0.2, 0.25) is 0 Å². The Kier molecular flexibility index (Phi) is 6.16. The van der Waals surface area contributed by atoms with Gasteiger partial charge in [-0.2, -0.15) is 5.26 Å². The van der Waals surface area contributed by atoms with Crippen LogP contribution in [0.4, 0.5) is 5.82 Å². The third kappa shape index (κ3) is 3.44. The number of rotatable bonds is 2. The van der Waals surface area contributed by atoms with E-state index >= 15 is 0 Å². The molecule has 1 aromatic rings. The molecule has 0 unspecified atom stereocenters. The summed E-state index contributed by atoms with van der Waals surface area (Å²) in [6.07, 6.45) is 0.908. The van der Waals surface area contributed by atoms with Crippen molar-refractivity contribution in [3.8, 4) is 6.07 Å². The fourth-order valence-corrected chi connectivity index (χ4v) is 1.89. The van der Waals surface area contributed by atoms with Crippen LogP contribution in [-0.4, -0.2) is 31.2 Å². The van der Waals surface area contributed by atoms with Crippen molar-refractivity contribution in [1.29, 1.82) is 5.26 Å². The van der Waals surface area contributed by atoms with Crippen LogP contribution in [0, 0.1) is 11.3 Å². The summed E-state index contributed by atoms with van der Waals surface area (Å²) in [5.74, 6) is 0.850. The van der Waals surface area contributed by atoms with Crippen molar-refractivity contribution in [2.45, 2.75) is 27.2 Å². The molecule has 4 nitrogen and oxygen atoms in total. The van der Waals surface area contributed by atoms with Crippen molar-refractivity contribution < 1.29 is 0 Å². The average Bonchev–Trinajstić information content (AvgIpc) is 2.49. The Morgan fingerprint density at radius 1 is 1.33 bits per heavy atom. The smallest absolute Gasteiger partial charge is 0.146 e. The predicted molar refractivity (Wildman–Crippen MR) is 74.8 cm³/mol. The molecule has 1 aliphatic rings. The first kappa shape index (κ1) is 14.5. The van der Waals surface area contributed by atoms with E-state index in [0.717, 1.165) is 44.1 Å². The zero-order valence-corrected chi connectivity index (χ0v) is 11.5. The van der Waals surface area contributed by atoms with Gasteiger partial charge in [0, 0.05) is 31.9 Å². The number of anilines is 1. The molecule has 2 rings (SSSR count). The van der Waals surface area contributed by atoms with E-state index in [9.17, 15) is 0 Å². The number of pyridine rings is 1. The molecule has 1 N–H and O–H groups in total. The summed E-state index contributed by atoms with van der Waals surface area (Å²) < 4.78 is 0. The molecular formula is C14H22N4. The SMILES string of the molecule is CC.CCc1ccc(C#N)c(N2CCNCC2)n1. The van der Waals surface area contributed by atoms with E-state index in [2.05, 4.69) is 28.2 Å². The number of nitrogens with one attached hydrogen (secondary N) is 1. The van der Waals surface area contributed by atoms with Crippen LogP contribution in [0.25, 0.3) is 0 Å². The monoisotopic (exact) mass is 246 g/mol. The highest BCUT2D eigenvalue weighted by atomic mass is 15.2. The first-order chi connectivity index (χ1) is 8.85. The van der Waals surface area contributed by atoms with Crippen molar-refractivity contribution in [2.75, 3.05) is 31.1 Å². The number of nitrogens with zero attached hydrogens (tertiary/aromatic N) is 3. The summed E-state index contributed by atoms with van der Waals surface area (Å²) in [5.41, 5.74) is 1.73. The second-order valence-corrected chi connectivity index (χ2v) is 3.88. The van der Waals surface area contributed by atoms with Crippen molar-refractivity contribution in [3.05, 3.63) is 23.4 Å². The van der Waals surface area contributed by atoms with E-state index in [4.69, 9.17) is 5.26 Å². The Labute approximate surface area is 110 Å². The lowest BCUT2D eigenvalue weighted by Crippen LogP contribution is -2.44. The van der Waals surface area contributed by atoms with Gasteiger partial charge in [0.2, 0.25) is 0 Å². The number of aryl methyl sites for hydroxylation is 1. The van der Waals surface area contributed by atoms with Crippen molar-refractivity contribution >= 4 is 5.82 Å². The van der Waals surface area contributed by atoms with Gasteiger partial charge in [-0.25, -0.2) is 4.98 Å². The van der Waals surface area contributed by atoms with E-state index in [0.29, 0.717) is 5.56 Å². The lowest BCUT2D eigenvalue weighted by atomic mass is 10.2. The lowest BCUT2D eigenvalue weighted by molar-refractivity contribution is 0.584. The second-order valence-electron chi connectivity index (χ2n) is 3.88. The maximum atomic E-state index is 9.08. The fourth-order valence-electron chi connectivity index (χ4n) is 1.89. The van der Waals surface area contributed by atoms with Crippen LogP contribution in [-0.2, 0) is 6.42 Å². The zero-order valence-electron chi connectivity index (χ0n) is 11.5. The lowest BCUT2D eigenvalue weighted by Gasteiger charge is -2.29. The zero-order chi connectivity index (χ0) is 13.4. The molecule has 18 heavy (non-hydrogen) atoms. The van der Waals surface area contributed by atoms with Crippen LogP contribution in [0.3, 0.4) is 0 Å². The van der Waals surface area contributed by atoms with Gasteiger partial charge in [-0.05, 0) is 18.6 Å². The maximum absolute atomic E-state index is 9.08. The maximum Gasteiger partial charge on any atom is 0.146 e. The van der Waals surface area contributed by atoms with Gasteiger partial charge in [0.1, 0.15) is 11.9 Å². The molecule has 2 heterocycles. The van der Waals surface area contributed by atoms with Gasteiger partial charge >= 0.3 is 0 Å².